The second-order valence-electron chi connectivity index (χ2n) is 5.32. The third-order valence-electron chi connectivity index (χ3n) is 3.19. The minimum absolute atomic E-state index is 0.0559. The molecule has 0 amide bonds. The average molecular weight is 302 g/mol. The van der Waals surface area contributed by atoms with E-state index >= 15 is 0 Å². The van der Waals surface area contributed by atoms with E-state index in [1.54, 1.807) is 0 Å². The predicted molar refractivity (Wildman–Crippen MR) is 72.8 cm³/mol. The number of aromatic nitrogens is 2. The molecule has 5 nitrogen and oxygen atoms in total. The van der Waals surface area contributed by atoms with E-state index in [1.807, 2.05) is 13.8 Å². The highest BCUT2D eigenvalue weighted by Crippen LogP contribution is 2.30. The van der Waals surface area contributed by atoms with Crippen molar-refractivity contribution in [2.45, 2.75) is 32.7 Å². The molecule has 2 rings (SSSR count). The molecule has 0 saturated carbocycles. The van der Waals surface area contributed by atoms with Gasteiger partial charge < -0.3 is 0 Å². The first-order valence-electron chi connectivity index (χ1n) is 6.21. The first kappa shape index (κ1) is 14.4. The van der Waals surface area contributed by atoms with Gasteiger partial charge in [0.25, 0.3) is 0 Å². The zero-order chi connectivity index (χ0) is 14.2. The summed E-state index contributed by atoms with van der Waals surface area (Å²) in [4.78, 5) is 0. The van der Waals surface area contributed by atoms with Crippen LogP contribution in [0.2, 0.25) is 5.15 Å². The Morgan fingerprint density at radius 3 is 2.74 bits per heavy atom. The van der Waals surface area contributed by atoms with Gasteiger partial charge in [0.2, 0.25) is 0 Å². The van der Waals surface area contributed by atoms with Crippen LogP contribution in [0.5, 0.6) is 0 Å². The van der Waals surface area contributed by atoms with E-state index in [2.05, 4.69) is 11.2 Å². The summed E-state index contributed by atoms with van der Waals surface area (Å²) in [5.74, 6) is 0.578. The predicted octanol–water partition coefficient (Wildman–Crippen LogP) is 1.97. The van der Waals surface area contributed by atoms with E-state index in [0.29, 0.717) is 30.0 Å². The number of hydrogen-bond acceptors (Lipinski definition) is 4. The van der Waals surface area contributed by atoms with Crippen LogP contribution < -0.4 is 0 Å². The van der Waals surface area contributed by atoms with Crippen LogP contribution in [0.15, 0.2) is 0 Å². The standard InChI is InChI=1S/C12H16ClN3O2S/c1-8(2)5-11-10(6-14)12(13)16(15-11)9-3-4-19(17,18)7-9/h8-9H,3-5,7H2,1-2H3. The maximum absolute atomic E-state index is 11.5. The first-order chi connectivity index (χ1) is 8.84. The summed E-state index contributed by atoms with van der Waals surface area (Å²) in [5, 5.41) is 13.8. The molecule has 2 heterocycles. The van der Waals surface area contributed by atoms with Gasteiger partial charge in [-0.1, -0.05) is 25.4 Å². The van der Waals surface area contributed by atoms with Crippen molar-refractivity contribution in [3.8, 4) is 6.07 Å². The summed E-state index contributed by atoms with van der Waals surface area (Å²) in [6, 6.07) is 1.82. The van der Waals surface area contributed by atoms with Gasteiger partial charge in [0, 0.05) is 0 Å². The maximum Gasteiger partial charge on any atom is 0.152 e. The fraction of sp³-hybridized carbons (Fsp3) is 0.667. The Labute approximate surface area is 118 Å². The second-order valence-corrected chi connectivity index (χ2v) is 7.91. The zero-order valence-corrected chi connectivity index (χ0v) is 12.5. The van der Waals surface area contributed by atoms with Gasteiger partial charge in [-0.05, 0) is 18.8 Å². The van der Waals surface area contributed by atoms with Crippen molar-refractivity contribution >= 4 is 21.4 Å². The molecule has 0 spiro atoms. The summed E-state index contributed by atoms with van der Waals surface area (Å²) in [7, 11) is -3.00. The largest absolute Gasteiger partial charge is 0.248 e. The quantitative estimate of drug-likeness (QED) is 0.855. The molecule has 1 aromatic heterocycles. The van der Waals surface area contributed by atoms with E-state index in [9.17, 15) is 8.42 Å². The lowest BCUT2D eigenvalue weighted by Crippen LogP contribution is -2.13. The summed E-state index contributed by atoms with van der Waals surface area (Å²) < 4.78 is 24.5. The SMILES string of the molecule is CC(C)Cc1nn(C2CCS(=O)(=O)C2)c(Cl)c1C#N. The summed E-state index contributed by atoms with van der Waals surface area (Å²) in [5.41, 5.74) is 1.03. The fourth-order valence-electron chi connectivity index (χ4n) is 2.31. The van der Waals surface area contributed by atoms with E-state index in [0.717, 1.165) is 0 Å². The van der Waals surface area contributed by atoms with Crippen molar-refractivity contribution in [3.63, 3.8) is 0 Å². The highest BCUT2D eigenvalue weighted by Gasteiger charge is 2.32. The third-order valence-corrected chi connectivity index (χ3v) is 5.30. The van der Waals surface area contributed by atoms with E-state index < -0.39 is 9.84 Å². The molecule has 1 aromatic rings. The Balaban J connectivity index is 2.38. The van der Waals surface area contributed by atoms with Crippen LogP contribution in [-0.4, -0.2) is 29.7 Å². The molecular weight excluding hydrogens is 286 g/mol. The number of halogens is 1. The van der Waals surface area contributed by atoms with Crippen molar-refractivity contribution in [1.82, 2.24) is 9.78 Å². The molecule has 1 fully saturated rings. The minimum Gasteiger partial charge on any atom is -0.248 e. The van der Waals surface area contributed by atoms with E-state index in [4.69, 9.17) is 16.9 Å². The Hall–Kier alpha value is -1.06. The molecule has 104 valence electrons. The van der Waals surface area contributed by atoms with Crippen molar-refractivity contribution in [1.29, 1.82) is 5.26 Å². The number of rotatable bonds is 3. The number of sulfone groups is 1. The third kappa shape index (κ3) is 2.93. The Bertz CT molecular complexity index is 628. The van der Waals surface area contributed by atoms with Gasteiger partial charge >= 0.3 is 0 Å². The van der Waals surface area contributed by atoms with Crippen LogP contribution in [0.3, 0.4) is 0 Å². The highest BCUT2D eigenvalue weighted by molar-refractivity contribution is 7.91. The molecule has 0 aliphatic carbocycles. The van der Waals surface area contributed by atoms with E-state index in [1.165, 1.54) is 4.68 Å². The lowest BCUT2D eigenvalue weighted by Gasteiger charge is -2.09. The van der Waals surface area contributed by atoms with Gasteiger partial charge in [0.15, 0.2) is 9.84 Å². The van der Waals surface area contributed by atoms with Crippen molar-refractivity contribution in [2.75, 3.05) is 11.5 Å². The van der Waals surface area contributed by atoms with Gasteiger partial charge in [0.05, 0.1) is 23.2 Å². The molecular formula is C12H16ClN3O2S. The summed E-state index contributed by atoms with van der Waals surface area (Å²) in [6.07, 6.45) is 1.17. The summed E-state index contributed by atoms with van der Waals surface area (Å²) >= 11 is 6.17. The normalized spacial score (nSPS) is 21.7. The molecule has 0 N–H and O–H groups in total. The maximum atomic E-state index is 11.5. The van der Waals surface area contributed by atoms with Gasteiger partial charge in [-0.2, -0.15) is 10.4 Å². The fourth-order valence-corrected chi connectivity index (χ4v) is 4.33. The monoisotopic (exact) mass is 301 g/mol. The van der Waals surface area contributed by atoms with Gasteiger partial charge in [-0.15, -0.1) is 0 Å². The highest BCUT2D eigenvalue weighted by atomic mass is 35.5. The van der Waals surface area contributed by atoms with Crippen molar-refractivity contribution in [3.05, 3.63) is 16.4 Å². The molecule has 1 aliphatic rings. The minimum atomic E-state index is -3.00. The van der Waals surface area contributed by atoms with E-state index in [-0.39, 0.29) is 22.7 Å². The lowest BCUT2D eigenvalue weighted by molar-refractivity contribution is 0.490. The van der Waals surface area contributed by atoms with Crippen molar-refractivity contribution < 1.29 is 8.42 Å². The number of nitrogens with zero attached hydrogens (tertiary/aromatic N) is 3. The molecule has 1 aliphatic heterocycles. The van der Waals surface area contributed by atoms with Gasteiger partial charge in [-0.3, -0.25) is 0 Å². The van der Waals surface area contributed by atoms with Gasteiger partial charge in [0.1, 0.15) is 16.8 Å². The second kappa shape index (κ2) is 5.14. The van der Waals surface area contributed by atoms with Gasteiger partial charge in [-0.25, -0.2) is 13.1 Å². The average Bonchev–Trinajstić information content (AvgIpc) is 2.79. The number of nitriles is 1. The Morgan fingerprint density at radius 2 is 2.26 bits per heavy atom. The molecule has 0 aromatic carbocycles. The smallest absolute Gasteiger partial charge is 0.152 e. The molecule has 0 bridgehead atoms. The van der Waals surface area contributed by atoms with Crippen LogP contribution >= 0.6 is 11.6 Å². The van der Waals surface area contributed by atoms with Crippen LogP contribution in [0.4, 0.5) is 0 Å². The molecule has 1 saturated heterocycles. The van der Waals surface area contributed by atoms with Crippen LogP contribution in [0.25, 0.3) is 0 Å². The van der Waals surface area contributed by atoms with Crippen LogP contribution in [-0.2, 0) is 16.3 Å². The summed E-state index contributed by atoms with van der Waals surface area (Å²) in [6.45, 7) is 4.07. The lowest BCUT2D eigenvalue weighted by atomic mass is 10.1. The first-order valence-corrected chi connectivity index (χ1v) is 8.41. The number of hydrogen-bond donors (Lipinski definition) is 0. The van der Waals surface area contributed by atoms with Crippen LogP contribution in [0.1, 0.15) is 37.6 Å². The van der Waals surface area contributed by atoms with Crippen molar-refractivity contribution in [2.24, 2.45) is 5.92 Å². The molecule has 0 radical (unpaired) electrons. The molecule has 1 atom stereocenters. The Morgan fingerprint density at radius 1 is 1.58 bits per heavy atom. The molecule has 7 heteroatoms. The molecule has 19 heavy (non-hydrogen) atoms. The Kier molecular flexibility index (Phi) is 3.88. The molecule has 1 unspecified atom stereocenters. The van der Waals surface area contributed by atoms with Crippen LogP contribution in [0, 0.1) is 17.2 Å². The topological polar surface area (TPSA) is 75.8 Å². The zero-order valence-electron chi connectivity index (χ0n) is 10.9.